The molecule has 1 aromatic heterocycles. The normalized spacial score (nSPS) is 12.8. The Hall–Kier alpha value is -3.52. The Balaban J connectivity index is 1.83. The molecular weight excluding hydrogens is 520 g/mol. The molecule has 11 nitrogen and oxygen atoms in total. The second-order valence-electron chi connectivity index (χ2n) is 8.03. The number of anilines is 1. The van der Waals surface area contributed by atoms with Crippen LogP contribution in [0.3, 0.4) is 0 Å². The number of benzene rings is 2. The minimum atomic E-state index is -4.39. The molecule has 0 radical (unpaired) electrons. The predicted molar refractivity (Wildman–Crippen MR) is 139 cm³/mol. The van der Waals surface area contributed by atoms with Crippen LogP contribution in [-0.2, 0) is 44.0 Å². The van der Waals surface area contributed by atoms with E-state index in [2.05, 4.69) is 15.6 Å². The van der Waals surface area contributed by atoms with Crippen LogP contribution in [0.5, 0.6) is 0 Å². The third kappa shape index (κ3) is 9.13. The molecule has 0 fully saturated rings. The van der Waals surface area contributed by atoms with Crippen molar-refractivity contribution in [1.29, 1.82) is 0 Å². The Labute approximate surface area is 219 Å². The summed E-state index contributed by atoms with van der Waals surface area (Å²) in [7, 11) is -1.61. The molecule has 37 heavy (non-hydrogen) atoms. The summed E-state index contributed by atoms with van der Waals surface area (Å²) in [6.07, 6.45) is -0.156. The van der Waals surface area contributed by atoms with Gasteiger partial charge in [-0.15, -0.1) is 11.3 Å². The summed E-state index contributed by atoms with van der Waals surface area (Å²) in [5, 5.41) is 8.05. The molecule has 2 amide bonds. The van der Waals surface area contributed by atoms with Gasteiger partial charge in [0.05, 0.1) is 31.1 Å². The first-order valence-electron chi connectivity index (χ1n) is 11.1. The predicted octanol–water partition coefficient (Wildman–Crippen LogP) is 2.87. The van der Waals surface area contributed by atoms with Crippen LogP contribution in [0.15, 0.2) is 60.0 Å². The first kappa shape index (κ1) is 28.1. The highest BCUT2D eigenvalue weighted by Gasteiger charge is 2.26. The van der Waals surface area contributed by atoms with Gasteiger partial charge in [0.2, 0.25) is 5.91 Å². The number of rotatable bonds is 12. The number of methoxy groups -OCH3 is 2. The quantitative estimate of drug-likeness (QED) is 0.252. The SMILES string of the molecule is COCc1csc([C@H](Cc2ccc(NS(=O)(=O)O)cc2)NC(=O)[C@H](Cc2ccccc2)NC(=O)OC)n1. The molecule has 2 atom stereocenters. The summed E-state index contributed by atoms with van der Waals surface area (Å²) in [5.74, 6) is -0.424. The zero-order chi connectivity index (χ0) is 26.8. The fourth-order valence-corrected chi connectivity index (χ4v) is 4.81. The van der Waals surface area contributed by atoms with E-state index in [1.165, 1.54) is 30.6 Å². The summed E-state index contributed by atoms with van der Waals surface area (Å²) in [6.45, 7) is 0.313. The maximum Gasteiger partial charge on any atom is 0.407 e. The summed E-state index contributed by atoms with van der Waals surface area (Å²) in [6, 6.07) is 14.1. The fourth-order valence-electron chi connectivity index (χ4n) is 3.52. The van der Waals surface area contributed by atoms with Crippen molar-refractivity contribution >= 4 is 39.3 Å². The lowest BCUT2D eigenvalue weighted by atomic mass is 10.0. The molecule has 3 aromatic rings. The van der Waals surface area contributed by atoms with E-state index in [4.69, 9.17) is 14.0 Å². The van der Waals surface area contributed by atoms with Crippen LogP contribution in [0.25, 0.3) is 0 Å². The highest BCUT2D eigenvalue weighted by molar-refractivity contribution is 7.87. The molecule has 0 bridgehead atoms. The van der Waals surface area contributed by atoms with Gasteiger partial charge in [0.25, 0.3) is 0 Å². The number of alkyl carbamates (subject to hydrolysis) is 1. The van der Waals surface area contributed by atoms with Crippen molar-refractivity contribution in [3.63, 3.8) is 0 Å². The van der Waals surface area contributed by atoms with Gasteiger partial charge in [-0.1, -0.05) is 42.5 Å². The van der Waals surface area contributed by atoms with E-state index in [0.29, 0.717) is 23.7 Å². The molecule has 198 valence electrons. The number of ether oxygens (including phenoxy) is 2. The van der Waals surface area contributed by atoms with E-state index in [1.807, 2.05) is 40.4 Å². The standard InChI is InChI=1S/C24H28N4O7S2/c1-34-14-19-15-36-23(25-19)21(13-17-8-10-18(11-9-17)28-37(31,32)33)26-22(29)20(27-24(30)35-2)12-16-6-4-3-5-7-16/h3-11,15,20-21,28H,12-14H2,1-2H3,(H,26,29)(H,27,30)(H,31,32,33)/t20-,21-/m0/s1. The molecule has 3 rings (SSSR count). The average molecular weight is 549 g/mol. The Bertz CT molecular complexity index is 1280. The molecule has 0 saturated heterocycles. The zero-order valence-corrected chi connectivity index (χ0v) is 21.8. The van der Waals surface area contributed by atoms with Crippen molar-refractivity contribution in [2.75, 3.05) is 18.9 Å². The van der Waals surface area contributed by atoms with Crippen LogP contribution in [0.1, 0.15) is 27.9 Å². The smallest absolute Gasteiger partial charge is 0.407 e. The van der Waals surface area contributed by atoms with Crippen molar-refractivity contribution in [3.8, 4) is 0 Å². The van der Waals surface area contributed by atoms with Gasteiger partial charge in [0.15, 0.2) is 0 Å². The van der Waals surface area contributed by atoms with Gasteiger partial charge in [-0.05, 0) is 29.7 Å². The minimum absolute atomic E-state index is 0.189. The summed E-state index contributed by atoms with van der Waals surface area (Å²) >= 11 is 1.36. The van der Waals surface area contributed by atoms with Gasteiger partial charge in [-0.2, -0.15) is 8.42 Å². The first-order valence-corrected chi connectivity index (χ1v) is 13.4. The Morgan fingerprint density at radius 1 is 1.00 bits per heavy atom. The summed E-state index contributed by atoms with van der Waals surface area (Å²) in [4.78, 5) is 29.9. The molecule has 1 heterocycles. The lowest BCUT2D eigenvalue weighted by Gasteiger charge is -2.22. The van der Waals surface area contributed by atoms with Crippen molar-refractivity contribution in [3.05, 3.63) is 81.8 Å². The molecule has 4 N–H and O–H groups in total. The van der Waals surface area contributed by atoms with E-state index in [1.54, 1.807) is 19.2 Å². The van der Waals surface area contributed by atoms with Crippen molar-refractivity contribution in [2.24, 2.45) is 0 Å². The molecule has 0 aliphatic heterocycles. The van der Waals surface area contributed by atoms with Crippen molar-refractivity contribution in [2.45, 2.75) is 31.5 Å². The lowest BCUT2D eigenvalue weighted by molar-refractivity contribution is -0.123. The average Bonchev–Trinajstić information content (AvgIpc) is 3.33. The Kier molecular flexibility index (Phi) is 9.97. The maximum atomic E-state index is 13.4. The van der Waals surface area contributed by atoms with Crippen LogP contribution in [-0.4, -0.2) is 50.2 Å². The van der Waals surface area contributed by atoms with Crippen LogP contribution in [0.4, 0.5) is 10.5 Å². The van der Waals surface area contributed by atoms with E-state index >= 15 is 0 Å². The fraction of sp³-hybridized carbons (Fsp3) is 0.292. The molecule has 0 spiro atoms. The number of aromatic nitrogens is 1. The molecule has 0 aliphatic rings. The number of thiazole rings is 1. The zero-order valence-electron chi connectivity index (χ0n) is 20.2. The van der Waals surface area contributed by atoms with Gasteiger partial charge in [-0.3, -0.25) is 14.1 Å². The van der Waals surface area contributed by atoms with E-state index in [9.17, 15) is 18.0 Å². The van der Waals surface area contributed by atoms with Gasteiger partial charge in [0.1, 0.15) is 11.0 Å². The summed E-state index contributed by atoms with van der Waals surface area (Å²) < 4.78 is 42.9. The minimum Gasteiger partial charge on any atom is -0.453 e. The third-order valence-electron chi connectivity index (χ3n) is 5.19. The topological polar surface area (TPSA) is 156 Å². The molecule has 2 aromatic carbocycles. The second-order valence-corrected chi connectivity index (χ2v) is 10.1. The van der Waals surface area contributed by atoms with Gasteiger partial charge in [0, 0.05) is 18.9 Å². The second kappa shape index (κ2) is 13.1. The van der Waals surface area contributed by atoms with E-state index in [0.717, 1.165) is 11.1 Å². The monoisotopic (exact) mass is 548 g/mol. The van der Waals surface area contributed by atoms with E-state index in [-0.39, 0.29) is 12.1 Å². The summed E-state index contributed by atoms with van der Waals surface area (Å²) in [5.41, 5.74) is 2.53. The molecule has 0 aliphatic carbocycles. The van der Waals surface area contributed by atoms with Crippen LogP contribution >= 0.6 is 11.3 Å². The molecular formula is C24H28N4O7S2. The Morgan fingerprint density at radius 3 is 2.30 bits per heavy atom. The maximum absolute atomic E-state index is 13.4. The highest BCUT2D eigenvalue weighted by Crippen LogP contribution is 2.24. The number of carbonyl (C=O) groups excluding carboxylic acids is 2. The first-order chi connectivity index (χ1) is 17.7. The van der Waals surface area contributed by atoms with Crippen molar-refractivity contribution in [1.82, 2.24) is 15.6 Å². The van der Waals surface area contributed by atoms with E-state index < -0.39 is 34.4 Å². The molecule has 13 heteroatoms. The van der Waals surface area contributed by atoms with Gasteiger partial charge >= 0.3 is 16.4 Å². The number of nitrogens with one attached hydrogen (secondary N) is 3. The van der Waals surface area contributed by atoms with Gasteiger partial charge < -0.3 is 20.1 Å². The number of hydrogen-bond acceptors (Lipinski definition) is 8. The Morgan fingerprint density at radius 2 is 1.68 bits per heavy atom. The molecule has 0 saturated carbocycles. The number of carbonyl (C=O) groups is 2. The number of hydrogen-bond donors (Lipinski definition) is 4. The molecule has 0 unspecified atom stereocenters. The van der Waals surface area contributed by atoms with Crippen LogP contribution in [0.2, 0.25) is 0 Å². The van der Waals surface area contributed by atoms with Crippen LogP contribution in [0, 0.1) is 0 Å². The van der Waals surface area contributed by atoms with Gasteiger partial charge in [-0.25, -0.2) is 9.78 Å². The third-order valence-corrected chi connectivity index (χ3v) is 6.69. The van der Waals surface area contributed by atoms with Crippen molar-refractivity contribution < 1.29 is 32.0 Å². The number of nitrogens with zero attached hydrogens (tertiary/aromatic N) is 1. The highest BCUT2D eigenvalue weighted by atomic mass is 32.2. The largest absolute Gasteiger partial charge is 0.453 e. The lowest BCUT2D eigenvalue weighted by Crippen LogP contribution is -2.49. The number of amides is 2. The van der Waals surface area contributed by atoms with Crippen LogP contribution < -0.4 is 15.4 Å².